The molecule has 0 unspecified atom stereocenters. The number of ether oxygens (including phenoxy) is 1. The Morgan fingerprint density at radius 2 is 1.56 bits per heavy atom. The van der Waals surface area contributed by atoms with Gasteiger partial charge in [-0.05, 0) is 31.4 Å². The van der Waals surface area contributed by atoms with Crippen LogP contribution in [0.4, 0.5) is 0 Å². The van der Waals surface area contributed by atoms with Crippen LogP contribution in [-0.4, -0.2) is 11.1 Å². The highest BCUT2D eigenvalue weighted by molar-refractivity contribution is 5.70. The maximum Gasteiger partial charge on any atom is 0.307 e. The summed E-state index contributed by atoms with van der Waals surface area (Å²) in [6, 6.07) is 19.6. The number of hydrogen-bond donors (Lipinski definition) is 0. The zero-order valence-corrected chi connectivity index (χ0v) is 14.4. The van der Waals surface area contributed by atoms with Gasteiger partial charge >= 0.3 is 5.97 Å². The minimum Gasteiger partial charge on any atom is -0.453 e. The molecule has 0 saturated carbocycles. The molecule has 0 N–H and O–H groups in total. The van der Waals surface area contributed by atoms with Gasteiger partial charge in [-0.1, -0.05) is 65.8 Å². The number of carbonyl (C=O) groups is 1. The fraction of sp³-hybridized carbons (Fsp3) is 0.238. The quantitative estimate of drug-likeness (QED) is 0.620. The van der Waals surface area contributed by atoms with Crippen molar-refractivity contribution in [1.29, 1.82) is 0 Å². The van der Waals surface area contributed by atoms with E-state index in [4.69, 9.17) is 9.26 Å². The van der Waals surface area contributed by atoms with Gasteiger partial charge in [0, 0.05) is 12.0 Å². The van der Waals surface area contributed by atoms with Gasteiger partial charge in [0.2, 0.25) is 0 Å². The Morgan fingerprint density at radius 3 is 2.04 bits per heavy atom. The Hall–Kier alpha value is -2.88. The standard InChI is InChI=1S/C21H21NO3/c1-15-19(16(2)25-22-15)13-14-20(23)24-21(17-9-5-3-6-10-17)18-11-7-4-8-12-18/h3-12,21H,13-14H2,1-2H3. The van der Waals surface area contributed by atoms with E-state index in [1.54, 1.807) is 0 Å². The summed E-state index contributed by atoms with van der Waals surface area (Å²) in [6.07, 6.45) is 0.453. The summed E-state index contributed by atoms with van der Waals surface area (Å²) in [5, 5.41) is 3.92. The van der Waals surface area contributed by atoms with Gasteiger partial charge in [-0.15, -0.1) is 0 Å². The highest BCUT2D eigenvalue weighted by Gasteiger charge is 2.19. The molecular formula is C21H21NO3. The molecule has 1 aromatic heterocycles. The summed E-state index contributed by atoms with van der Waals surface area (Å²) in [5.74, 6) is 0.519. The van der Waals surface area contributed by atoms with Crippen molar-refractivity contribution in [2.75, 3.05) is 0 Å². The van der Waals surface area contributed by atoms with Crippen LogP contribution in [0.3, 0.4) is 0 Å². The SMILES string of the molecule is Cc1noc(C)c1CCC(=O)OC(c1ccccc1)c1ccccc1. The Labute approximate surface area is 147 Å². The Kier molecular flexibility index (Phi) is 5.29. The van der Waals surface area contributed by atoms with E-state index < -0.39 is 6.10 Å². The molecule has 128 valence electrons. The van der Waals surface area contributed by atoms with Crippen LogP contribution < -0.4 is 0 Å². The molecule has 0 aliphatic heterocycles. The van der Waals surface area contributed by atoms with E-state index >= 15 is 0 Å². The molecule has 0 saturated heterocycles. The van der Waals surface area contributed by atoms with Gasteiger partial charge in [-0.3, -0.25) is 4.79 Å². The smallest absolute Gasteiger partial charge is 0.307 e. The van der Waals surface area contributed by atoms with E-state index in [9.17, 15) is 4.79 Å². The van der Waals surface area contributed by atoms with Crippen LogP contribution in [0.1, 0.15) is 40.7 Å². The van der Waals surface area contributed by atoms with Crippen LogP contribution in [0.5, 0.6) is 0 Å². The fourth-order valence-corrected chi connectivity index (χ4v) is 2.86. The van der Waals surface area contributed by atoms with Gasteiger partial charge in [0.25, 0.3) is 0 Å². The topological polar surface area (TPSA) is 52.3 Å². The van der Waals surface area contributed by atoms with Crippen LogP contribution >= 0.6 is 0 Å². The Bertz CT molecular complexity index is 766. The van der Waals surface area contributed by atoms with Crippen LogP contribution in [0.15, 0.2) is 65.2 Å². The summed E-state index contributed by atoms with van der Waals surface area (Å²) in [5.41, 5.74) is 3.72. The van der Waals surface area contributed by atoms with E-state index in [1.807, 2.05) is 74.5 Å². The van der Waals surface area contributed by atoms with Crippen molar-refractivity contribution in [2.24, 2.45) is 0 Å². The van der Waals surface area contributed by atoms with Crippen molar-refractivity contribution in [3.05, 3.63) is 88.8 Å². The second-order valence-electron chi connectivity index (χ2n) is 5.99. The zero-order valence-electron chi connectivity index (χ0n) is 14.4. The fourth-order valence-electron chi connectivity index (χ4n) is 2.86. The Morgan fingerprint density at radius 1 is 1.00 bits per heavy atom. The van der Waals surface area contributed by atoms with E-state index in [0.717, 1.165) is 28.1 Å². The molecular weight excluding hydrogens is 314 g/mol. The molecule has 4 nitrogen and oxygen atoms in total. The van der Waals surface area contributed by atoms with Gasteiger partial charge in [0.15, 0.2) is 6.10 Å². The number of hydrogen-bond acceptors (Lipinski definition) is 4. The summed E-state index contributed by atoms with van der Waals surface area (Å²) in [4.78, 5) is 12.4. The number of carbonyl (C=O) groups excluding carboxylic acids is 1. The lowest BCUT2D eigenvalue weighted by Gasteiger charge is -2.19. The Balaban J connectivity index is 1.73. The largest absolute Gasteiger partial charge is 0.453 e. The molecule has 3 rings (SSSR count). The minimum absolute atomic E-state index is 0.238. The maximum absolute atomic E-state index is 12.4. The summed E-state index contributed by atoms with van der Waals surface area (Å²) < 4.78 is 11.0. The second-order valence-corrected chi connectivity index (χ2v) is 5.99. The van der Waals surface area contributed by atoms with Crippen molar-refractivity contribution in [1.82, 2.24) is 5.16 Å². The number of aryl methyl sites for hydroxylation is 2. The minimum atomic E-state index is -0.403. The highest BCUT2D eigenvalue weighted by Crippen LogP contribution is 2.26. The molecule has 0 radical (unpaired) electrons. The third-order valence-electron chi connectivity index (χ3n) is 4.21. The number of nitrogens with zero attached hydrogens (tertiary/aromatic N) is 1. The lowest BCUT2D eigenvalue weighted by Crippen LogP contribution is -2.13. The third kappa shape index (κ3) is 4.15. The molecule has 0 amide bonds. The van der Waals surface area contributed by atoms with Gasteiger partial charge in [0.05, 0.1) is 5.69 Å². The normalized spacial score (nSPS) is 10.8. The lowest BCUT2D eigenvalue weighted by atomic mass is 10.0. The molecule has 0 aliphatic carbocycles. The highest BCUT2D eigenvalue weighted by atomic mass is 16.5. The first-order chi connectivity index (χ1) is 12.1. The monoisotopic (exact) mass is 335 g/mol. The van der Waals surface area contributed by atoms with Crippen molar-refractivity contribution in [2.45, 2.75) is 32.8 Å². The number of benzene rings is 2. The zero-order chi connectivity index (χ0) is 17.6. The van der Waals surface area contributed by atoms with E-state index in [0.29, 0.717) is 12.8 Å². The molecule has 3 aromatic rings. The lowest BCUT2D eigenvalue weighted by molar-refractivity contribution is -0.147. The third-order valence-corrected chi connectivity index (χ3v) is 4.21. The maximum atomic E-state index is 12.4. The van der Waals surface area contributed by atoms with Gasteiger partial charge in [0.1, 0.15) is 5.76 Å². The van der Waals surface area contributed by atoms with Crippen LogP contribution in [0, 0.1) is 13.8 Å². The van der Waals surface area contributed by atoms with Crippen LogP contribution in [0.25, 0.3) is 0 Å². The molecule has 1 heterocycles. The molecule has 0 aliphatic rings. The molecule has 0 bridgehead atoms. The van der Waals surface area contributed by atoms with Gasteiger partial charge in [-0.25, -0.2) is 0 Å². The van der Waals surface area contributed by atoms with Crippen molar-refractivity contribution >= 4 is 5.97 Å². The van der Waals surface area contributed by atoms with Crippen LogP contribution in [0.2, 0.25) is 0 Å². The summed E-state index contributed by atoms with van der Waals surface area (Å²) in [6.45, 7) is 3.74. The number of esters is 1. The number of aromatic nitrogens is 1. The predicted octanol–water partition coefficient (Wildman–Crippen LogP) is 4.56. The second kappa shape index (κ2) is 7.79. The van der Waals surface area contributed by atoms with Gasteiger partial charge < -0.3 is 9.26 Å². The van der Waals surface area contributed by atoms with E-state index in [-0.39, 0.29) is 5.97 Å². The molecule has 0 fully saturated rings. The molecule has 0 atom stereocenters. The first-order valence-corrected chi connectivity index (χ1v) is 8.36. The first kappa shape index (κ1) is 17.0. The van der Waals surface area contributed by atoms with Gasteiger partial charge in [-0.2, -0.15) is 0 Å². The molecule has 0 spiro atoms. The first-order valence-electron chi connectivity index (χ1n) is 8.36. The van der Waals surface area contributed by atoms with Crippen molar-refractivity contribution < 1.29 is 14.1 Å². The summed E-state index contributed by atoms with van der Waals surface area (Å²) >= 11 is 0. The predicted molar refractivity (Wildman–Crippen MR) is 95.1 cm³/mol. The summed E-state index contributed by atoms with van der Waals surface area (Å²) in [7, 11) is 0. The van der Waals surface area contributed by atoms with Crippen LogP contribution in [-0.2, 0) is 16.0 Å². The number of rotatable bonds is 6. The van der Waals surface area contributed by atoms with Crippen molar-refractivity contribution in [3.8, 4) is 0 Å². The molecule has 4 heteroatoms. The van der Waals surface area contributed by atoms with E-state index in [1.165, 1.54) is 0 Å². The molecule has 2 aromatic carbocycles. The van der Waals surface area contributed by atoms with Crippen molar-refractivity contribution in [3.63, 3.8) is 0 Å². The van der Waals surface area contributed by atoms with E-state index in [2.05, 4.69) is 5.16 Å². The average molecular weight is 335 g/mol. The average Bonchev–Trinajstić information content (AvgIpc) is 2.97. The molecule has 25 heavy (non-hydrogen) atoms.